The number of benzene rings is 2. The van der Waals surface area contributed by atoms with E-state index in [0.717, 1.165) is 0 Å². The first-order valence-electron chi connectivity index (χ1n) is 8.11. The molecule has 0 saturated carbocycles. The first-order chi connectivity index (χ1) is 12.1. The molecular weight excluding hydrogens is 448 g/mol. The Kier molecular flexibility index (Phi) is 9.79. The van der Waals surface area contributed by atoms with Gasteiger partial charge >= 0.3 is 0 Å². The van der Waals surface area contributed by atoms with Crippen LogP contribution in [0.25, 0.3) is 0 Å². The monoisotopic (exact) mass is 473 g/mol. The lowest BCUT2D eigenvalue weighted by Crippen LogP contribution is -2.41. The van der Waals surface area contributed by atoms with Gasteiger partial charge in [-0.05, 0) is 25.1 Å². The van der Waals surface area contributed by atoms with Crippen molar-refractivity contribution in [3.05, 3.63) is 59.9 Å². The topological polar surface area (TPSA) is 54.9 Å². The summed E-state index contributed by atoms with van der Waals surface area (Å²) >= 11 is 0. The molecule has 0 heterocycles. The van der Waals surface area contributed by atoms with Crippen LogP contribution in [0.5, 0.6) is 11.5 Å². The summed E-state index contributed by atoms with van der Waals surface area (Å²) in [7, 11) is 3.28. The number of hydrogen-bond donors (Lipinski definition) is 2. The number of aliphatic imine (C=N–C) groups is 1. The van der Waals surface area contributed by atoms with E-state index in [2.05, 4.69) is 15.6 Å². The molecule has 26 heavy (non-hydrogen) atoms. The average Bonchev–Trinajstić information content (AvgIpc) is 2.63. The van der Waals surface area contributed by atoms with E-state index in [9.17, 15) is 4.39 Å². The van der Waals surface area contributed by atoms with E-state index in [-0.39, 0.29) is 35.9 Å². The summed E-state index contributed by atoms with van der Waals surface area (Å²) < 4.78 is 24.8. The molecule has 0 aromatic heterocycles. The molecule has 7 heteroatoms. The third kappa shape index (κ3) is 6.70. The normalized spacial score (nSPS) is 11.9. The molecule has 0 spiro atoms. The van der Waals surface area contributed by atoms with Gasteiger partial charge in [-0.1, -0.05) is 30.3 Å². The average molecular weight is 473 g/mol. The van der Waals surface area contributed by atoms with E-state index in [4.69, 9.17) is 9.47 Å². The molecule has 2 aromatic carbocycles. The molecule has 2 aromatic rings. The Balaban J connectivity index is 0.00000338. The molecule has 0 amide bonds. The van der Waals surface area contributed by atoms with E-state index < -0.39 is 0 Å². The predicted molar refractivity (Wildman–Crippen MR) is 113 cm³/mol. The lowest BCUT2D eigenvalue weighted by molar-refractivity contribution is 0.213. The lowest BCUT2D eigenvalue weighted by atomic mass is 10.2. The van der Waals surface area contributed by atoms with Crippen LogP contribution in [-0.4, -0.2) is 32.8 Å². The van der Waals surface area contributed by atoms with Crippen LogP contribution in [0.2, 0.25) is 0 Å². The Morgan fingerprint density at radius 3 is 2.38 bits per heavy atom. The smallest absolute Gasteiger partial charge is 0.191 e. The highest BCUT2D eigenvalue weighted by Gasteiger charge is 2.09. The summed E-state index contributed by atoms with van der Waals surface area (Å²) in [4.78, 5) is 4.14. The van der Waals surface area contributed by atoms with Gasteiger partial charge in [0.05, 0.1) is 13.7 Å². The van der Waals surface area contributed by atoms with Gasteiger partial charge in [-0.3, -0.25) is 4.99 Å². The number of rotatable bonds is 7. The molecule has 0 saturated heterocycles. The maximum absolute atomic E-state index is 13.6. The number of hydrogen-bond acceptors (Lipinski definition) is 3. The van der Waals surface area contributed by atoms with E-state index in [1.54, 1.807) is 32.4 Å². The van der Waals surface area contributed by atoms with Crippen LogP contribution < -0.4 is 20.1 Å². The Labute approximate surface area is 171 Å². The van der Waals surface area contributed by atoms with E-state index in [1.165, 1.54) is 6.07 Å². The van der Waals surface area contributed by atoms with Crippen molar-refractivity contribution >= 4 is 29.9 Å². The van der Waals surface area contributed by atoms with E-state index >= 15 is 0 Å². The summed E-state index contributed by atoms with van der Waals surface area (Å²) in [5, 5.41) is 6.25. The Hall–Kier alpha value is -2.03. The van der Waals surface area contributed by atoms with Gasteiger partial charge in [-0.15, -0.1) is 24.0 Å². The van der Waals surface area contributed by atoms with Crippen molar-refractivity contribution in [3.8, 4) is 11.5 Å². The zero-order valence-corrected chi connectivity index (χ0v) is 17.5. The second-order valence-electron chi connectivity index (χ2n) is 5.48. The highest BCUT2D eigenvalue weighted by Crippen LogP contribution is 2.26. The first-order valence-corrected chi connectivity index (χ1v) is 8.11. The quantitative estimate of drug-likeness (QED) is 0.367. The molecule has 0 aliphatic carbocycles. The lowest BCUT2D eigenvalue weighted by Gasteiger charge is -2.19. The van der Waals surface area contributed by atoms with Crippen molar-refractivity contribution in [2.24, 2.45) is 4.99 Å². The minimum absolute atomic E-state index is 0. The number of guanidine groups is 1. The van der Waals surface area contributed by atoms with Crippen molar-refractivity contribution in [1.82, 2.24) is 10.6 Å². The third-order valence-electron chi connectivity index (χ3n) is 3.58. The van der Waals surface area contributed by atoms with Crippen molar-refractivity contribution in [1.29, 1.82) is 0 Å². The number of para-hydroxylation sites is 2. The number of halogens is 2. The summed E-state index contributed by atoms with van der Waals surface area (Å²) in [6, 6.07) is 14.2. The zero-order chi connectivity index (χ0) is 18.1. The molecule has 2 N–H and O–H groups in total. The van der Waals surface area contributed by atoms with Gasteiger partial charge in [-0.2, -0.15) is 0 Å². The van der Waals surface area contributed by atoms with Crippen LogP contribution >= 0.6 is 24.0 Å². The Morgan fingerprint density at radius 1 is 1.08 bits per heavy atom. The van der Waals surface area contributed by atoms with E-state index in [0.29, 0.717) is 36.1 Å². The second-order valence-corrected chi connectivity index (χ2v) is 5.48. The molecule has 5 nitrogen and oxygen atoms in total. The Morgan fingerprint density at radius 2 is 1.73 bits per heavy atom. The van der Waals surface area contributed by atoms with Crippen molar-refractivity contribution < 1.29 is 13.9 Å². The summed E-state index contributed by atoms with van der Waals surface area (Å²) in [6.07, 6.45) is -0.108. The third-order valence-corrected chi connectivity index (χ3v) is 3.58. The highest BCUT2D eigenvalue weighted by molar-refractivity contribution is 14.0. The van der Waals surface area contributed by atoms with Crippen molar-refractivity contribution in [2.45, 2.75) is 19.6 Å². The van der Waals surface area contributed by atoms with Gasteiger partial charge in [0.25, 0.3) is 0 Å². The first kappa shape index (κ1) is 22.0. The SMILES string of the molecule is CN=C(NCc1ccccc1F)NCC(C)Oc1ccccc1OC.I. The largest absolute Gasteiger partial charge is 0.493 e. The minimum Gasteiger partial charge on any atom is -0.493 e. The van der Waals surface area contributed by atoms with Gasteiger partial charge in [0.15, 0.2) is 17.5 Å². The molecule has 0 radical (unpaired) electrons. The standard InChI is InChI=1S/C19H24FN3O2.HI/c1-14(25-18-11-7-6-10-17(18)24-3)12-22-19(21-2)23-13-15-8-4-5-9-16(15)20;/h4-11,14H,12-13H2,1-3H3,(H2,21,22,23);1H. The molecular formula is C19H25FIN3O2. The van der Waals surface area contributed by atoms with E-state index in [1.807, 2.05) is 31.2 Å². The number of ether oxygens (including phenoxy) is 2. The van der Waals surface area contributed by atoms with Crippen LogP contribution in [0.3, 0.4) is 0 Å². The fraction of sp³-hybridized carbons (Fsp3) is 0.316. The molecule has 0 aliphatic heterocycles. The van der Waals surface area contributed by atoms with Crippen LogP contribution in [-0.2, 0) is 6.54 Å². The van der Waals surface area contributed by atoms with Gasteiger partial charge < -0.3 is 20.1 Å². The number of methoxy groups -OCH3 is 1. The van der Waals surface area contributed by atoms with Crippen LogP contribution in [0.15, 0.2) is 53.5 Å². The van der Waals surface area contributed by atoms with Crippen molar-refractivity contribution in [2.75, 3.05) is 20.7 Å². The number of nitrogens with zero attached hydrogens (tertiary/aromatic N) is 1. The fourth-order valence-electron chi connectivity index (χ4n) is 2.26. The van der Waals surface area contributed by atoms with Crippen LogP contribution in [0.4, 0.5) is 4.39 Å². The maximum atomic E-state index is 13.6. The van der Waals surface area contributed by atoms with Gasteiger partial charge in [0, 0.05) is 19.2 Å². The summed E-state index contributed by atoms with van der Waals surface area (Å²) in [5.41, 5.74) is 0.587. The minimum atomic E-state index is -0.238. The van der Waals surface area contributed by atoms with Gasteiger partial charge in [0.1, 0.15) is 11.9 Å². The Bertz CT molecular complexity index is 713. The molecule has 0 aliphatic rings. The molecule has 0 bridgehead atoms. The fourth-order valence-corrected chi connectivity index (χ4v) is 2.26. The van der Waals surface area contributed by atoms with Crippen molar-refractivity contribution in [3.63, 3.8) is 0 Å². The summed E-state index contributed by atoms with van der Waals surface area (Å²) in [6.45, 7) is 2.84. The molecule has 0 fully saturated rings. The zero-order valence-electron chi connectivity index (χ0n) is 15.2. The number of nitrogens with one attached hydrogen (secondary N) is 2. The summed E-state index contributed by atoms with van der Waals surface area (Å²) in [5.74, 6) is 1.72. The molecule has 142 valence electrons. The predicted octanol–water partition coefficient (Wildman–Crippen LogP) is 3.58. The molecule has 1 unspecified atom stereocenters. The van der Waals surface area contributed by atoms with Crippen LogP contribution in [0.1, 0.15) is 12.5 Å². The molecule has 2 rings (SSSR count). The van der Waals surface area contributed by atoms with Crippen LogP contribution in [0, 0.1) is 5.82 Å². The highest BCUT2D eigenvalue weighted by atomic mass is 127. The van der Waals surface area contributed by atoms with Gasteiger partial charge in [0.2, 0.25) is 0 Å². The molecule has 1 atom stereocenters. The maximum Gasteiger partial charge on any atom is 0.191 e. The second kappa shape index (κ2) is 11.6. The van der Waals surface area contributed by atoms with Gasteiger partial charge in [-0.25, -0.2) is 4.39 Å².